The number of amides is 3. The lowest BCUT2D eigenvalue weighted by Gasteiger charge is -2.13. The zero-order chi connectivity index (χ0) is 23.4. The molecule has 3 aromatic rings. The molecule has 0 radical (unpaired) electrons. The summed E-state index contributed by atoms with van der Waals surface area (Å²) >= 11 is 0. The smallest absolute Gasteiger partial charge is 0.254 e. The SMILES string of the molecule is Cc1ccccc1NC(=O)Cn1cc(C=NN2C(=O)[C@@H]3[C@H](C2=O)[C@H]2C=C[C@H]3C2)c2ccccc21. The van der Waals surface area contributed by atoms with Gasteiger partial charge >= 0.3 is 0 Å². The highest BCUT2D eigenvalue weighted by atomic mass is 16.2. The molecule has 1 saturated carbocycles. The molecule has 6 rings (SSSR count). The van der Waals surface area contributed by atoms with Gasteiger partial charge in [0.1, 0.15) is 6.54 Å². The van der Waals surface area contributed by atoms with Crippen LogP contribution in [0.1, 0.15) is 17.5 Å². The van der Waals surface area contributed by atoms with Crippen LogP contribution in [0.25, 0.3) is 10.9 Å². The fourth-order valence-corrected chi connectivity index (χ4v) is 5.69. The summed E-state index contributed by atoms with van der Waals surface area (Å²) in [6.45, 7) is 2.08. The van der Waals surface area contributed by atoms with E-state index in [4.69, 9.17) is 0 Å². The molecule has 2 heterocycles. The van der Waals surface area contributed by atoms with Crippen molar-refractivity contribution in [3.8, 4) is 0 Å². The fraction of sp³-hybridized carbons (Fsp3) is 0.259. The second-order valence-electron chi connectivity index (χ2n) is 9.33. The summed E-state index contributed by atoms with van der Waals surface area (Å²) in [6.07, 6.45) is 8.43. The zero-order valence-corrected chi connectivity index (χ0v) is 18.7. The number of imide groups is 1. The number of anilines is 1. The number of hydrazone groups is 1. The molecule has 7 nitrogen and oxygen atoms in total. The van der Waals surface area contributed by atoms with Crippen LogP contribution in [0.3, 0.4) is 0 Å². The van der Waals surface area contributed by atoms with E-state index >= 15 is 0 Å². The monoisotopic (exact) mass is 452 g/mol. The van der Waals surface area contributed by atoms with Gasteiger partial charge < -0.3 is 9.88 Å². The molecule has 2 aromatic carbocycles. The molecule has 0 spiro atoms. The molecule has 2 bridgehead atoms. The molecule has 1 aliphatic heterocycles. The van der Waals surface area contributed by atoms with Crippen molar-refractivity contribution in [1.82, 2.24) is 9.58 Å². The molecule has 1 N–H and O–H groups in total. The lowest BCUT2D eigenvalue weighted by Crippen LogP contribution is -2.28. The number of hydrogen-bond donors (Lipinski definition) is 1. The minimum absolute atomic E-state index is 0.128. The van der Waals surface area contributed by atoms with Crippen LogP contribution in [0.5, 0.6) is 0 Å². The highest BCUT2D eigenvalue weighted by molar-refractivity contribution is 6.08. The Morgan fingerprint density at radius 1 is 1.03 bits per heavy atom. The Morgan fingerprint density at radius 2 is 1.71 bits per heavy atom. The standard InChI is InChI=1S/C27H24N4O3/c1-16-6-2-4-8-21(16)29-23(32)15-30-14-19(20-7-3-5-9-22(20)30)13-28-31-26(33)24-17-10-11-18(12-17)25(24)27(31)34/h2-11,13-14,17-18,24-25H,12,15H2,1H3,(H,29,32)/t17-,18-,24-,25+/m0/s1. The molecule has 1 saturated heterocycles. The average molecular weight is 453 g/mol. The van der Waals surface area contributed by atoms with Gasteiger partial charge in [-0.2, -0.15) is 10.1 Å². The van der Waals surface area contributed by atoms with E-state index in [2.05, 4.69) is 22.6 Å². The van der Waals surface area contributed by atoms with Gasteiger partial charge in [0.05, 0.1) is 18.1 Å². The first-order valence-corrected chi connectivity index (χ1v) is 11.5. The molecule has 1 aromatic heterocycles. The van der Waals surface area contributed by atoms with Crippen molar-refractivity contribution in [2.24, 2.45) is 28.8 Å². The first-order chi connectivity index (χ1) is 16.5. The maximum absolute atomic E-state index is 12.9. The predicted octanol–water partition coefficient (Wildman–Crippen LogP) is 3.73. The first-order valence-electron chi connectivity index (χ1n) is 11.5. The van der Waals surface area contributed by atoms with Crippen molar-refractivity contribution in [2.45, 2.75) is 19.9 Å². The van der Waals surface area contributed by atoms with Crippen molar-refractivity contribution >= 4 is 40.5 Å². The van der Waals surface area contributed by atoms with Crippen LogP contribution in [0.4, 0.5) is 5.69 Å². The molecular weight excluding hydrogens is 428 g/mol. The topological polar surface area (TPSA) is 83.8 Å². The Hall–Kier alpha value is -4.00. The predicted molar refractivity (Wildman–Crippen MR) is 129 cm³/mol. The number of fused-ring (bicyclic) bond motifs is 6. The summed E-state index contributed by atoms with van der Waals surface area (Å²) < 4.78 is 1.86. The van der Waals surface area contributed by atoms with E-state index in [1.807, 2.05) is 66.2 Å². The summed E-state index contributed by atoms with van der Waals surface area (Å²) in [7, 11) is 0. The van der Waals surface area contributed by atoms with E-state index in [-0.39, 0.29) is 47.9 Å². The van der Waals surface area contributed by atoms with Gasteiger partial charge in [0.25, 0.3) is 11.8 Å². The van der Waals surface area contributed by atoms with E-state index < -0.39 is 0 Å². The second-order valence-corrected chi connectivity index (χ2v) is 9.33. The number of nitrogens with zero attached hydrogens (tertiary/aromatic N) is 3. The molecule has 3 aliphatic rings. The van der Waals surface area contributed by atoms with Crippen LogP contribution in [0, 0.1) is 30.6 Å². The lowest BCUT2D eigenvalue weighted by atomic mass is 9.85. The van der Waals surface area contributed by atoms with Gasteiger partial charge in [-0.25, -0.2) is 0 Å². The van der Waals surface area contributed by atoms with Gasteiger partial charge in [-0.1, -0.05) is 48.6 Å². The summed E-state index contributed by atoms with van der Waals surface area (Å²) in [4.78, 5) is 38.6. The highest BCUT2D eigenvalue weighted by Crippen LogP contribution is 2.52. The van der Waals surface area contributed by atoms with Crippen LogP contribution in [0.2, 0.25) is 0 Å². The number of carbonyl (C=O) groups excluding carboxylic acids is 3. The Labute approximate surface area is 196 Å². The Morgan fingerprint density at radius 3 is 2.44 bits per heavy atom. The maximum Gasteiger partial charge on any atom is 0.254 e. The van der Waals surface area contributed by atoms with Crippen molar-refractivity contribution in [1.29, 1.82) is 0 Å². The number of aromatic nitrogens is 1. The Kier molecular flexibility index (Phi) is 4.72. The molecule has 34 heavy (non-hydrogen) atoms. The van der Waals surface area contributed by atoms with E-state index in [9.17, 15) is 14.4 Å². The second kappa shape index (κ2) is 7.80. The van der Waals surface area contributed by atoms with E-state index in [0.717, 1.165) is 39.1 Å². The lowest BCUT2D eigenvalue weighted by molar-refractivity contribution is -0.140. The summed E-state index contributed by atoms with van der Waals surface area (Å²) in [6, 6.07) is 15.4. The van der Waals surface area contributed by atoms with Gasteiger partial charge in [0.2, 0.25) is 5.91 Å². The molecule has 170 valence electrons. The summed E-state index contributed by atoms with van der Waals surface area (Å²) in [5, 5.41) is 9.24. The van der Waals surface area contributed by atoms with Crippen molar-refractivity contribution in [2.75, 3.05) is 5.32 Å². The number of para-hydroxylation sites is 2. The molecule has 4 atom stereocenters. The van der Waals surface area contributed by atoms with Crippen LogP contribution >= 0.6 is 0 Å². The van der Waals surface area contributed by atoms with Crippen LogP contribution in [-0.4, -0.2) is 33.5 Å². The quantitative estimate of drug-likeness (QED) is 0.364. The van der Waals surface area contributed by atoms with Crippen molar-refractivity contribution in [3.63, 3.8) is 0 Å². The number of aryl methyl sites for hydroxylation is 1. The van der Waals surface area contributed by atoms with Crippen molar-refractivity contribution < 1.29 is 14.4 Å². The summed E-state index contributed by atoms with van der Waals surface area (Å²) in [5.41, 5.74) is 3.40. The third kappa shape index (κ3) is 3.19. The third-order valence-corrected chi connectivity index (χ3v) is 7.31. The van der Waals surface area contributed by atoms with Gasteiger partial charge in [0.15, 0.2) is 0 Å². The number of benzene rings is 2. The third-order valence-electron chi connectivity index (χ3n) is 7.31. The molecular formula is C27H24N4O3. The first kappa shape index (κ1) is 20.6. The Balaban J connectivity index is 1.25. The molecule has 2 aliphatic carbocycles. The van der Waals surface area contributed by atoms with Gasteiger partial charge in [-0.15, -0.1) is 0 Å². The van der Waals surface area contributed by atoms with E-state index in [0.29, 0.717) is 0 Å². The van der Waals surface area contributed by atoms with Crippen molar-refractivity contribution in [3.05, 3.63) is 78.0 Å². The zero-order valence-electron chi connectivity index (χ0n) is 18.7. The van der Waals surface area contributed by atoms with Crippen LogP contribution in [-0.2, 0) is 20.9 Å². The minimum atomic E-state index is -0.272. The van der Waals surface area contributed by atoms with E-state index in [1.54, 1.807) is 6.21 Å². The number of carbonyl (C=O) groups is 3. The van der Waals surface area contributed by atoms with Crippen LogP contribution in [0.15, 0.2) is 72.0 Å². The number of allylic oxidation sites excluding steroid dienone is 2. The average Bonchev–Trinajstić information content (AvgIpc) is 3.58. The van der Waals surface area contributed by atoms with E-state index in [1.165, 1.54) is 0 Å². The molecule has 0 unspecified atom stereocenters. The summed E-state index contributed by atoms with van der Waals surface area (Å²) in [5.74, 6) is -0.786. The molecule has 2 fully saturated rings. The number of nitrogens with one attached hydrogen (secondary N) is 1. The van der Waals surface area contributed by atoms with Gasteiger partial charge in [0, 0.05) is 28.4 Å². The highest BCUT2D eigenvalue weighted by Gasteiger charge is 2.59. The molecule has 7 heteroatoms. The Bertz CT molecular complexity index is 1370. The maximum atomic E-state index is 12.9. The number of rotatable bonds is 5. The van der Waals surface area contributed by atoms with Gasteiger partial charge in [-0.05, 0) is 42.9 Å². The largest absolute Gasteiger partial charge is 0.337 e. The number of hydrogen-bond acceptors (Lipinski definition) is 4. The fourth-order valence-electron chi connectivity index (χ4n) is 5.69. The minimum Gasteiger partial charge on any atom is -0.337 e. The molecule has 3 amide bonds. The van der Waals surface area contributed by atoms with Gasteiger partial charge in [-0.3, -0.25) is 14.4 Å². The normalized spacial score (nSPS) is 25.1. The van der Waals surface area contributed by atoms with Crippen LogP contribution < -0.4 is 5.32 Å².